The van der Waals surface area contributed by atoms with Crippen molar-refractivity contribution in [3.05, 3.63) is 83.1 Å². The number of hydrogen-bond acceptors (Lipinski definition) is 5. The minimum Gasteiger partial charge on any atom is -0.493 e. The first-order valence-electron chi connectivity index (χ1n) is 10.6. The van der Waals surface area contributed by atoms with Gasteiger partial charge in [0, 0.05) is 11.1 Å². The number of anilines is 1. The Morgan fingerprint density at radius 1 is 1.00 bits per heavy atom. The molecule has 3 aromatic carbocycles. The van der Waals surface area contributed by atoms with Gasteiger partial charge in [-0.2, -0.15) is 0 Å². The standard InChI is InChI=1S/C27H25NO5/c1-5-33-23-14-13-18(16-24(23)31-3)15-21-25(27(30)32-4)17(2)28(26(21)29)22-12-8-10-19-9-6-7-11-20(19)22/h6-16H,5H2,1-4H3/b21-15-. The molecule has 0 saturated heterocycles. The van der Waals surface area contributed by atoms with Crippen LogP contribution in [-0.2, 0) is 14.3 Å². The maximum atomic E-state index is 13.7. The summed E-state index contributed by atoms with van der Waals surface area (Å²) >= 11 is 0. The molecule has 4 rings (SSSR count). The molecule has 0 bridgehead atoms. The first-order valence-corrected chi connectivity index (χ1v) is 10.6. The van der Waals surface area contributed by atoms with Gasteiger partial charge in [-0.15, -0.1) is 0 Å². The molecule has 0 saturated carbocycles. The monoisotopic (exact) mass is 443 g/mol. The van der Waals surface area contributed by atoms with Gasteiger partial charge in [-0.05, 0) is 49.1 Å². The average molecular weight is 443 g/mol. The molecule has 168 valence electrons. The number of ether oxygens (including phenoxy) is 3. The lowest BCUT2D eigenvalue weighted by Gasteiger charge is -2.20. The average Bonchev–Trinajstić information content (AvgIpc) is 3.08. The molecule has 0 fully saturated rings. The van der Waals surface area contributed by atoms with Gasteiger partial charge in [0.05, 0.1) is 37.7 Å². The second-order valence-corrected chi connectivity index (χ2v) is 7.49. The van der Waals surface area contributed by atoms with Crippen LogP contribution in [0.4, 0.5) is 5.69 Å². The van der Waals surface area contributed by atoms with Gasteiger partial charge in [0.15, 0.2) is 11.5 Å². The first kappa shape index (κ1) is 22.1. The van der Waals surface area contributed by atoms with Gasteiger partial charge >= 0.3 is 5.97 Å². The largest absolute Gasteiger partial charge is 0.493 e. The highest BCUT2D eigenvalue weighted by molar-refractivity contribution is 6.25. The number of esters is 1. The summed E-state index contributed by atoms with van der Waals surface area (Å²) in [5, 5.41) is 1.92. The molecule has 0 atom stereocenters. The van der Waals surface area contributed by atoms with Gasteiger partial charge in [-0.25, -0.2) is 4.79 Å². The molecule has 0 spiro atoms. The van der Waals surface area contributed by atoms with Gasteiger partial charge in [0.2, 0.25) is 0 Å². The maximum absolute atomic E-state index is 13.7. The fourth-order valence-corrected chi connectivity index (χ4v) is 4.09. The molecule has 6 nitrogen and oxygen atoms in total. The van der Waals surface area contributed by atoms with Crippen molar-refractivity contribution in [1.29, 1.82) is 0 Å². The third-order valence-electron chi connectivity index (χ3n) is 5.60. The number of methoxy groups -OCH3 is 2. The van der Waals surface area contributed by atoms with E-state index >= 15 is 0 Å². The molecular weight excluding hydrogens is 418 g/mol. The van der Waals surface area contributed by atoms with E-state index in [1.807, 2.05) is 55.5 Å². The van der Waals surface area contributed by atoms with E-state index in [1.165, 1.54) is 7.11 Å². The third kappa shape index (κ3) is 3.96. The number of carbonyl (C=O) groups is 2. The van der Waals surface area contributed by atoms with Crippen molar-refractivity contribution in [2.24, 2.45) is 0 Å². The summed E-state index contributed by atoms with van der Waals surface area (Å²) in [7, 11) is 2.87. The van der Waals surface area contributed by atoms with E-state index in [1.54, 1.807) is 37.1 Å². The maximum Gasteiger partial charge on any atom is 0.340 e. The highest BCUT2D eigenvalue weighted by Gasteiger charge is 2.38. The van der Waals surface area contributed by atoms with Gasteiger partial charge in [-0.1, -0.05) is 42.5 Å². The number of carbonyl (C=O) groups excluding carboxylic acids is 2. The number of hydrogen-bond donors (Lipinski definition) is 0. The number of rotatable bonds is 6. The van der Waals surface area contributed by atoms with E-state index in [0.717, 1.165) is 10.8 Å². The Balaban J connectivity index is 1.86. The minimum absolute atomic E-state index is 0.239. The fourth-order valence-electron chi connectivity index (χ4n) is 4.09. The Morgan fingerprint density at radius 2 is 1.76 bits per heavy atom. The molecular formula is C27H25NO5. The van der Waals surface area contributed by atoms with Crippen LogP contribution in [0, 0.1) is 0 Å². The SMILES string of the molecule is CCOc1ccc(/C=C2\C(=O)N(c3cccc4ccccc34)C(C)=C2C(=O)OC)cc1OC. The smallest absolute Gasteiger partial charge is 0.340 e. The van der Waals surface area contributed by atoms with Crippen LogP contribution in [0.1, 0.15) is 19.4 Å². The zero-order chi connectivity index (χ0) is 23.5. The quantitative estimate of drug-likeness (QED) is 0.391. The highest BCUT2D eigenvalue weighted by atomic mass is 16.5. The Hall–Kier alpha value is -4.06. The lowest BCUT2D eigenvalue weighted by atomic mass is 10.0. The van der Waals surface area contributed by atoms with Crippen molar-refractivity contribution in [1.82, 2.24) is 0 Å². The summed E-state index contributed by atoms with van der Waals surface area (Å²) in [4.78, 5) is 28.0. The lowest BCUT2D eigenvalue weighted by molar-refractivity contribution is -0.136. The van der Waals surface area contributed by atoms with E-state index in [4.69, 9.17) is 14.2 Å². The molecule has 1 aliphatic heterocycles. The van der Waals surface area contributed by atoms with Crippen molar-refractivity contribution in [2.75, 3.05) is 25.7 Å². The number of allylic oxidation sites excluding steroid dienone is 1. The molecule has 6 heteroatoms. The molecule has 0 N–H and O–H groups in total. The summed E-state index contributed by atoms with van der Waals surface area (Å²) < 4.78 is 16.0. The van der Waals surface area contributed by atoms with Crippen molar-refractivity contribution in [2.45, 2.75) is 13.8 Å². The predicted octanol–water partition coefficient (Wildman–Crippen LogP) is 5.12. The normalized spacial score (nSPS) is 14.8. The number of fused-ring (bicyclic) bond motifs is 1. The molecule has 0 radical (unpaired) electrons. The first-order chi connectivity index (χ1) is 16.0. The Labute approximate surface area is 192 Å². The number of amides is 1. The van der Waals surface area contributed by atoms with Crippen LogP contribution in [0.3, 0.4) is 0 Å². The fraction of sp³-hybridized carbons (Fsp3) is 0.185. The summed E-state index contributed by atoms with van der Waals surface area (Å²) in [5.74, 6) is 0.296. The van der Waals surface area contributed by atoms with Crippen LogP contribution >= 0.6 is 0 Å². The van der Waals surface area contributed by atoms with Gasteiger partial charge in [0.1, 0.15) is 0 Å². The van der Waals surface area contributed by atoms with Crippen LogP contribution in [0.2, 0.25) is 0 Å². The van der Waals surface area contributed by atoms with E-state index in [9.17, 15) is 9.59 Å². The van der Waals surface area contributed by atoms with Crippen LogP contribution < -0.4 is 14.4 Å². The van der Waals surface area contributed by atoms with E-state index in [0.29, 0.717) is 35.1 Å². The molecule has 0 aliphatic carbocycles. The molecule has 1 aliphatic rings. The van der Waals surface area contributed by atoms with Gasteiger partial charge < -0.3 is 14.2 Å². The van der Waals surface area contributed by atoms with Crippen LogP contribution in [0.25, 0.3) is 16.8 Å². The summed E-state index contributed by atoms with van der Waals surface area (Å²) in [6.45, 7) is 4.15. The summed E-state index contributed by atoms with van der Waals surface area (Å²) in [5.41, 5.74) is 2.44. The molecule has 33 heavy (non-hydrogen) atoms. The zero-order valence-corrected chi connectivity index (χ0v) is 19.0. The van der Waals surface area contributed by atoms with Crippen molar-refractivity contribution in [3.63, 3.8) is 0 Å². The Morgan fingerprint density at radius 3 is 2.48 bits per heavy atom. The summed E-state index contributed by atoms with van der Waals surface area (Å²) in [6, 6.07) is 19.0. The third-order valence-corrected chi connectivity index (χ3v) is 5.60. The van der Waals surface area contributed by atoms with E-state index in [-0.39, 0.29) is 17.1 Å². The lowest BCUT2D eigenvalue weighted by Crippen LogP contribution is -2.24. The van der Waals surface area contributed by atoms with Crippen LogP contribution in [-0.4, -0.2) is 32.7 Å². The van der Waals surface area contributed by atoms with E-state index in [2.05, 4.69) is 0 Å². The van der Waals surface area contributed by atoms with Crippen LogP contribution in [0.15, 0.2) is 77.5 Å². The second-order valence-electron chi connectivity index (χ2n) is 7.49. The highest BCUT2D eigenvalue weighted by Crippen LogP contribution is 2.39. The number of nitrogens with zero attached hydrogens (tertiary/aromatic N) is 1. The molecule has 1 amide bonds. The predicted molar refractivity (Wildman–Crippen MR) is 128 cm³/mol. The zero-order valence-electron chi connectivity index (χ0n) is 19.0. The molecule has 0 aromatic heterocycles. The van der Waals surface area contributed by atoms with Gasteiger partial charge in [-0.3, -0.25) is 9.69 Å². The molecule has 3 aromatic rings. The minimum atomic E-state index is -0.562. The Bertz CT molecular complexity index is 1300. The molecule has 0 unspecified atom stereocenters. The second kappa shape index (κ2) is 9.20. The van der Waals surface area contributed by atoms with Crippen molar-refractivity contribution in [3.8, 4) is 11.5 Å². The van der Waals surface area contributed by atoms with Crippen molar-refractivity contribution >= 4 is 34.4 Å². The topological polar surface area (TPSA) is 65.1 Å². The van der Waals surface area contributed by atoms with Crippen LogP contribution in [0.5, 0.6) is 11.5 Å². The van der Waals surface area contributed by atoms with E-state index < -0.39 is 5.97 Å². The Kier molecular flexibility index (Phi) is 6.18. The number of benzene rings is 3. The van der Waals surface area contributed by atoms with Gasteiger partial charge in [0.25, 0.3) is 5.91 Å². The van der Waals surface area contributed by atoms with Crippen molar-refractivity contribution < 1.29 is 23.8 Å². The molecule has 1 heterocycles. The summed E-state index contributed by atoms with van der Waals surface area (Å²) in [6.07, 6.45) is 1.68.